The fourth-order valence-corrected chi connectivity index (χ4v) is 1.04. The number of hydrogen-bond donors (Lipinski definition) is 0. The van der Waals surface area contributed by atoms with Crippen LogP contribution in [-0.4, -0.2) is 9.13 Å². The van der Waals surface area contributed by atoms with Crippen molar-refractivity contribution in [2.24, 2.45) is 0 Å². The Hall–Kier alpha value is -1.27. The number of rotatable bonds is 2. The molecule has 0 aromatic heterocycles. The van der Waals surface area contributed by atoms with Gasteiger partial charge in [0.2, 0.25) is 11.1 Å². The van der Waals surface area contributed by atoms with Crippen molar-refractivity contribution in [2.45, 2.75) is 4.90 Å². The molecule has 0 saturated heterocycles. The SMILES string of the molecule is [O]S(=O)c1ccc([N+](=O)[O-])cc1. The molecule has 12 heavy (non-hydrogen) atoms. The Kier molecular flexibility index (Phi) is 2.51. The van der Waals surface area contributed by atoms with Crippen LogP contribution in [0.4, 0.5) is 5.69 Å². The summed E-state index contributed by atoms with van der Waals surface area (Å²) in [7, 11) is 0. The average molecular weight is 186 g/mol. The molecule has 0 spiro atoms. The minimum absolute atomic E-state index is 0.0422. The Bertz CT molecular complexity index is 288. The standard InChI is InChI=1S/C6H4NO4S/c8-7(9)5-1-3-6(4-2-5)12(10)11/h1-4H. The molecule has 1 unspecified atom stereocenters. The molecule has 1 atom stereocenters. The van der Waals surface area contributed by atoms with E-state index in [0.717, 1.165) is 12.1 Å². The van der Waals surface area contributed by atoms with E-state index in [-0.39, 0.29) is 10.6 Å². The topological polar surface area (TPSA) is 80.1 Å². The van der Waals surface area contributed by atoms with Gasteiger partial charge >= 0.3 is 0 Å². The molecule has 1 aromatic rings. The maximum Gasteiger partial charge on any atom is 0.269 e. The minimum Gasteiger partial charge on any atom is -0.258 e. The zero-order chi connectivity index (χ0) is 9.14. The first-order chi connectivity index (χ1) is 5.61. The normalized spacial score (nSPS) is 12.4. The van der Waals surface area contributed by atoms with Crippen LogP contribution in [0.5, 0.6) is 0 Å². The molecule has 0 bridgehead atoms. The first-order valence-electron chi connectivity index (χ1n) is 2.95. The highest BCUT2D eigenvalue weighted by Crippen LogP contribution is 2.13. The number of nitrogens with zero attached hydrogens (tertiary/aromatic N) is 1. The van der Waals surface area contributed by atoms with Crippen LogP contribution in [0.25, 0.3) is 0 Å². The number of nitro benzene ring substituents is 1. The largest absolute Gasteiger partial charge is 0.269 e. The van der Waals surface area contributed by atoms with Crippen molar-refractivity contribution in [3.05, 3.63) is 34.4 Å². The zero-order valence-corrected chi connectivity index (χ0v) is 6.61. The van der Waals surface area contributed by atoms with Crippen molar-refractivity contribution >= 4 is 16.8 Å². The van der Waals surface area contributed by atoms with Gasteiger partial charge in [-0.1, -0.05) is 0 Å². The van der Waals surface area contributed by atoms with Gasteiger partial charge in [0.1, 0.15) is 0 Å². The fraction of sp³-hybridized carbons (Fsp3) is 0. The number of benzene rings is 1. The summed E-state index contributed by atoms with van der Waals surface area (Å²) in [5.74, 6) is 0. The van der Waals surface area contributed by atoms with E-state index in [0.29, 0.717) is 0 Å². The molecule has 1 aromatic carbocycles. The van der Waals surface area contributed by atoms with Gasteiger partial charge < -0.3 is 0 Å². The van der Waals surface area contributed by atoms with Gasteiger partial charge in [-0.25, -0.2) is 4.21 Å². The van der Waals surface area contributed by atoms with Gasteiger partial charge in [-0.2, -0.15) is 0 Å². The Morgan fingerprint density at radius 3 is 2.08 bits per heavy atom. The minimum atomic E-state index is -2.32. The van der Waals surface area contributed by atoms with Gasteiger partial charge in [0.15, 0.2) is 0 Å². The summed E-state index contributed by atoms with van der Waals surface area (Å²) < 4.78 is 20.6. The lowest BCUT2D eigenvalue weighted by molar-refractivity contribution is -0.384. The van der Waals surface area contributed by atoms with E-state index >= 15 is 0 Å². The predicted octanol–water partition coefficient (Wildman–Crippen LogP) is 1.05. The Labute approximate surface area is 70.5 Å². The van der Waals surface area contributed by atoms with E-state index in [2.05, 4.69) is 0 Å². The maximum atomic E-state index is 10.3. The first-order valence-corrected chi connectivity index (χ1v) is 4.02. The van der Waals surface area contributed by atoms with Crippen LogP contribution < -0.4 is 0 Å². The van der Waals surface area contributed by atoms with Crippen molar-refractivity contribution in [2.75, 3.05) is 0 Å². The molecule has 0 aliphatic carbocycles. The summed E-state index contributed by atoms with van der Waals surface area (Å²) in [6.07, 6.45) is 0. The summed E-state index contributed by atoms with van der Waals surface area (Å²) >= 11 is -2.32. The molecular weight excluding hydrogens is 182 g/mol. The zero-order valence-electron chi connectivity index (χ0n) is 5.80. The van der Waals surface area contributed by atoms with E-state index in [1.807, 2.05) is 0 Å². The Morgan fingerprint density at radius 1 is 1.25 bits per heavy atom. The van der Waals surface area contributed by atoms with Gasteiger partial charge in [-0.3, -0.25) is 10.1 Å². The van der Waals surface area contributed by atoms with Gasteiger partial charge in [-0.05, 0) is 12.1 Å². The van der Waals surface area contributed by atoms with Gasteiger partial charge in [0.25, 0.3) is 5.69 Å². The first kappa shape index (κ1) is 8.82. The predicted molar refractivity (Wildman–Crippen MR) is 40.2 cm³/mol. The fourth-order valence-electron chi connectivity index (χ4n) is 0.679. The second kappa shape index (κ2) is 3.42. The second-order valence-electron chi connectivity index (χ2n) is 1.99. The molecule has 1 radical (unpaired) electrons. The molecule has 0 N–H and O–H groups in total. The molecule has 0 aliphatic rings. The summed E-state index contributed by atoms with van der Waals surface area (Å²) in [6.45, 7) is 0. The molecule has 5 nitrogen and oxygen atoms in total. The third kappa shape index (κ3) is 1.86. The van der Waals surface area contributed by atoms with Crippen molar-refractivity contribution in [1.29, 1.82) is 0 Å². The van der Waals surface area contributed by atoms with Crippen molar-refractivity contribution in [1.82, 2.24) is 0 Å². The lowest BCUT2D eigenvalue weighted by Crippen LogP contribution is -1.89. The van der Waals surface area contributed by atoms with Gasteiger partial charge in [0.05, 0.1) is 9.82 Å². The summed E-state index contributed by atoms with van der Waals surface area (Å²) in [5, 5.41) is 10.1. The quantitative estimate of drug-likeness (QED) is 0.511. The van der Waals surface area contributed by atoms with Crippen LogP contribution in [0.15, 0.2) is 29.2 Å². The molecule has 6 heteroatoms. The van der Waals surface area contributed by atoms with Crippen molar-refractivity contribution in [3.63, 3.8) is 0 Å². The Balaban J connectivity index is 3.01. The maximum absolute atomic E-state index is 10.3. The molecule has 0 fully saturated rings. The van der Waals surface area contributed by atoms with E-state index < -0.39 is 16.0 Å². The average Bonchev–Trinajstić information content (AvgIpc) is 2.04. The summed E-state index contributed by atoms with van der Waals surface area (Å²) in [4.78, 5) is 9.59. The number of nitro groups is 1. The number of non-ortho nitro benzene ring substituents is 1. The van der Waals surface area contributed by atoms with Crippen molar-refractivity contribution < 1.29 is 13.7 Å². The molecule has 63 valence electrons. The van der Waals surface area contributed by atoms with E-state index in [1.54, 1.807) is 0 Å². The van der Waals surface area contributed by atoms with E-state index in [1.165, 1.54) is 12.1 Å². The highest BCUT2D eigenvalue weighted by molar-refractivity contribution is 7.79. The molecular formula is C6H4NO4S. The molecule has 1 rings (SSSR count). The van der Waals surface area contributed by atoms with E-state index in [4.69, 9.17) is 0 Å². The third-order valence-electron chi connectivity index (χ3n) is 1.24. The highest BCUT2D eigenvalue weighted by atomic mass is 32.2. The molecule has 0 aliphatic heterocycles. The summed E-state index contributed by atoms with van der Waals surface area (Å²) in [5.41, 5.74) is -0.121. The van der Waals surface area contributed by atoms with Crippen LogP contribution >= 0.6 is 0 Å². The van der Waals surface area contributed by atoms with Crippen LogP contribution in [-0.2, 0) is 15.6 Å². The molecule has 0 saturated carbocycles. The lowest BCUT2D eigenvalue weighted by Gasteiger charge is -1.91. The van der Waals surface area contributed by atoms with E-state index in [9.17, 15) is 18.9 Å². The third-order valence-corrected chi connectivity index (χ3v) is 1.90. The molecule has 0 amide bonds. The second-order valence-corrected chi connectivity index (χ2v) is 2.93. The van der Waals surface area contributed by atoms with Crippen LogP contribution in [0.1, 0.15) is 0 Å². The smallest absolute Gasteiger partial charge is 0.258 e. The highest BCUT2D eigenvalue weighted by Gasteiger charge is 2.06. The van der Waals surface area contributed by atoms with Gasteiger partial charge in [0, 0.05) is 12.1 Å². The van der Waals surface area contributed by atoms with Crippen LogP contribution in [0.3, 0.4) is 0 Å². The van der Waals surface area contributed by atoms with Crippen molar-refractivity contribution in [3.8, 4) is 0 Å². The number of hydrogen-bond acceptors (Lipinski definition) is 3. The molecule has 0 heterocycles. The van der Waals surface area contributed by atoms with Gasteiger partial charge in [-0.15, -0.1) is 4.55 Å². The lowest BCUT2D eigenvalue weighted by atomic mass is 10.3. The summed E-state index contributed by atoms with van der Waals surface area (Å²) in [6, 6.07) is 4.65. The van der Waals surface area contributed by atoms with Crippen LogP contribution in [0.2, 0.25) is 0 Å². The van der Waals surface area contributed by atoms with Crippen LogP contribution in [0, 0.1) is 10.1 Å². The monoisotopic (exact) mass is 186 g/mol. The Morgan fingerprint density at radius 2 is 1.75 bits per heavy atom.